The molecule has 164 valence electrons. The lowest BCUT2D eigenvalue weighted by molar-refractivity contribution is -0.205. The van der Waals surface area contributed by atoms with E-state index in [1.54, 1.807) is 36.4 Å². The van der Waals surface area contributed by atoms with Crippen molar-refractivity contribution in [1.29, 1.82) is 0 Å². The van der Waals surface area contributed by atoms with Crippen molar-refractivity contribution >= 4 is 26.8 Å². The van der Waals surface area contributed by atoms with E-state index in [0.717, 1.165) is 12.8 Å². The number of likely N-dealkylation sites (tertiary alicyclic amines) is 1. The molecular weight excluding hydrogens is 421 g/mol. The number of ether oxygens (including phenoxy) is 1. The Kier molecular flexibility index (Phi) is 6.68. The van der Waals surface area contributed by atoms with Crippen molar-refractivity contribution in [3.05, 3.63) is 42.5 Å². The highest BCUT2D eigenvalue weighted by atomic mass is 32.2. The van der Waals surface area contributed by atoms with Crippen LogP contribution < -0.4 is 4.72 Å². The van der Waals surface area contributed by atoms with Crippen molar-refractivity contribution in [2.75, 3.05) is 19.6 Å². The van der Waals surface area contributed by atoms with Gasteiger partial charge in [-0.2, -0.15) is 13.2 Å². The molecule has 2 atom stereocenters. The fourth-order valence-electron chi connectivity index (χ4n) is 3.60. The summed E-state index contributed by atoms with van der Waals surface area (Å²) in [4.78, 5) is 13.3. The molecule has 2 aromatic rings. The second kappa shape index (κ2) is 8.91. The largest absolute Gasteiger partial charge is 0.490 e. The van der Waals surface area contributed by atoms with Gasteiger partial charge in [0, 0.05) is 24.5 Å². The number of alkyl halides is 3. The van der Waals surface area contributed by atoms with Crippen molar-refractivity contribution in [2.24, 2.45) is 0 Å². The lowest BCUT2D eigenvalue weighted by atomic mass is 10.1. The highest BCUT2D eigenvalue weighted by Crippen LogP contribution is 2.24. The number of esters is 1. The van der Waals surface area contributed by atoms with Gasteiger partial charge in [0.15, 0.2) is 0 Å². The summed E-state index contributed by atoms with van der Waals surface area (Å²) in [7, 11) is -4.04. The van der Waals surface area contributed by atoms with Gasteiger partial charge in [-0.15, -0.1) is 0 Å². The zero-order chi connectivity index (χ0) is 21.9. The first-order valence-corrected chi connectivity index (χ1v) is 11.1. The molecule has 30 heavy (non-hydrogen) atoms. The smallest absolute Gasteiger partial charge is 0.453 e. The van der Waals surface area contributed by atoms with Crippen LogP contribution in [0.5, 0.6) is 0 Å². The SMILES string of the molecule is CC1CCCN1C[C@@H](CNS(=O)(=O)c1cccc2ccccc12)OC(=O)C(F)(F)F. The molecule has 1 fully saturated rings. The number of benzene rings is 2. The minimum absolute atomic E-state index is 0.0102. The Labute approximate surface area is 173 Å². The number of rotatable bonds is 7. The molecule has 0 bridgehead atoms. The number of halogens is 3. The minimum Gasteiger partial charge on any atom is -0.453 e. The molecule has 3 rings (SSSR count). The summed E-state index contributed by atoms with van der Waals surface area (Å²) >= 11 is 0. The van der Waals surface area contributed by atoms with Crippen LogP contribution in [0, 0.1) is 0 Å². The molecule has 1 heterocycles. The summed E-state index contributed by atoms with van der Waals surface area (Å²) in [5.74, 6) is -2.33. The lowest BCUT2D eigenvalue weighted by Gasteiger charge is -2.27. The van der Waals surface area contributed by atoms with Crippen molar-refractivity contribution in [3.8, 4) is 0 Å². The minimum atomic E-state index is -5.15. The molecule has 1 N–H and O–H groups in total. The molecule has 0 spiro atoms. The van der Waals surface area contributed by atoms with Gasteiger partial charge in [0.2, 0.25) is 10.0 Å². The first-order chi connectivity index (χ1) is 14.1. The third-order valence-corrected chi connectivity index (χ3v) is 6.66. The molecule has 2 aromatic carbocycles. The maximum absolute atomic E-state index is 12.8. The second-order valence-corrected chi connectivity index (χ2v) is 9.08. The van der Waals surface area contributed by atoms with E-state index < -0.39 is 34.8 Å². The molecular formula is C20H23F3N2O4S. The van der Waals surface area contributed by atoms with Gasteiger partial charge in [-0.25, -0.2) is 17.9 Å². The first-order valence-electron chi connectivity index (χ1n) is 9.57. The Hall–Kier alpha value is -2.17. The maximum Gasteiger partial charge on any atom is 0.490 e. The molecule has 1 aliphatic rings. The van der Waals surface area contributed by atoms with E-state index in [0.29, 0.717) is 17.3 Å². The van der Waals surface area contributed by atoms with Gasteiger partial charge < -0.3 is 4.74 Å². The predicted octanol–water partition coefficient (Wildman–Crippen LogP) is 3.08. The monoisotopic (exact) mass is 444 g/mol. The summed E-state index contributed by atoms with van der Waals surface area (Å²) in [6, 6.07) is 11.8. The van der Waals surface area contributed by atoms with Crippen molar-refractivity contribution < 1.29 is 31.1 Å². The first kappa shape index (κ1) is 22.5. The molecule has 1 aliphatic heterocycles. The fourth-order valence-corrected chi connectivity index (χ4v) is 4.89. The number of carbonyl (C=O) groups excluding carboxylic acids is 1. The average Bonchev–Trinajstić information content (AvgIpc) is 3.09. The zero-order valence-electron chi connectivity index (χ0n) is 16.4. The van der Waals surface area contributed by atoms with E-state index in [2.05, 4.69) is 9.46 Å². The van der Waals surface area contributed by atoms with Crippen LogP contribution in [0.3, 0.4) is 0 Å². The van der Waals surface area contributed by atoms with Crippen LogP contribution in [0.25, 0.3) is 10.8 Å². The number of nitrogens with zero attached hydrogens (tertiary/aromatic N) is 1. The molecule has 0 radical (unpaired) electrons. The highest BCUT2D eigenvalue weighted by Gasteiger charge is 2.43. The van der Waals surface area contributed by atoms with E-state index in [4.69, 9.17) is 0 Å². The molecule has 0 saturated carbocycles. The van der Waals surface area contributed by atoms with Gasteiger partial charge in [-0.3, -0.25) is 4.90 Å². The topological polar surface area (TPSA) is 75.7 Å². The number of hydrogen-bond donors (Lipinski definition) is 1. The molecule has 0 aliphatic carbocycles. The van der Waals surface area contributed by atoms with Crippen LogP contribution in [0.1, 0.15) is 19.8 Å². The van der Waals surface area contributed by atoms with Crippen LogP contribution in [-0.4, -0.2) is 57.2 Å². The van der Waals surface area contributed by atoms with Gasteiger partial charge >= 0.3 is 12.1 Å². The van der Waals surface area contributed by atoms with Crippen LogP contribution in [0.15, 0.2) is 47.4 Å². The summed E-state index contributed by atoms with van der Waals surface area (Å²) < 4.78 is 70.7. The molecule has 6 nitrogen and oxygen atoms in total. The number of hydrogen-bond acceptors (Lipinski definition) is 5. The summed E-state index contributed by atoms with van der Waals surface area (Å²) in [5.41, 5.74) is 0. The lowest BCUT2D eigenvalue weighted by Crippen LogP contribution is -2.45. The van der Waals surface area contributed by atoms with Gasteiger partial charge in [-0.1, -0.05) is 36.4 Å². The Bertz CT molecular complexity index is 1010. The van der Waals surface area contributed by atoms with E-state index in [-0.39, 0.29) is 17.5 Å². The van der Waals surface area contributed by atoms with Gasteiger partial charge in [0.05, 0.1) is 4.90 Å². The molecule has 0 aromatic heterocycles. The highest BCUT2D eigenvalue weighted by molar-refractivity contribution is 7.89. The van der Waals surface area contributed by atoms with E-state index in [1.165, 1.54) is 6.07 Å². The third kappa shape index (κ3) is 5.30. The number of sulfonamides is 1. The Balaban J connectivity index is 1.78. The van der Waals surface area contributed by atoms with Crippen molar-refractivity contribution in [1.82, 2.24) is 9.62 Å². The third-order valence-electron chi connectivity index (χ3n) is 5.17. The van der Waals surface area contributed by atoms with Crippen molar-refractivity contribution in [2.45, 2.75) is 43.0 Å². The molecule has 0 amide bonds. The maximum atomic E-state index is 12.8. The van der Waals surface area contributed by atoms with Crippen LogP contribution in [-0.2, 0) is 19.6 Å². The number of fused-ring (bicyclic) bond motifs is 1. The summed E-state index contributed by atoms with van der Waals surface area (Å²) in [6.07, 6.45) is -4.67. The quantitative estimate of drug-likeness (QED) is 0.665. The standard InChI is InChI=1S/C20H23F3N2O4S/c1-14-6-5-11-25(14)13-16(29-19(26)20(21,22)23)12-24-30(27,28)18-10-4-8-15-7-2-3-9-17(15)18/h2-4,7-10,14,16,24H,5-6,11-13H2,1H3/t14?,16-/m1/s1. The van der Waals surface area contributed by atoms with Gasteiger partial charge in [0.25, 0.3) is 0 Å². The average molecular weight is 444 g/mol. The van der Waals surface area contributed by atoms with Crippen molar-refractivity contribution in [3.63, 3.8) is 0 Å². The second-order valence-electron chi connectivity index (χ2n) is 7.34. The normalized spacial score (nSPS) is 19.1. The van der Waals surface area contributed by atoms with Crippen LogP contribution in [0.4, 0.5) is 13.2 Å². The molecule has 10 heteroatoms. The van der Waals surface area contributed by atoms with E-state index in [9.17, 15) is 26.4 Å². The molecule has 1 saturated heterocycles. The Morgan fingerprint density at radius 2 is 1.93 bits per heavy atom. The van der Waals surface area contributed by atoms with Gasteiger partial charge in [-0.05, 0) is 37.8 Å². The predicted molar refractivity (Wildman–Crippen MR) is 105 cm³/mol. The number of nitrogens with one attached hydrogen (secondary N) is 1. The number of carbonyl (C=O) groups is 1. The van der Waals surface area contributed by atoms with Gasteiger partial charge in [0.1, 0.15) is 6.10 Å². The zero-order valence-corrected chi connectivity index (χ0v) is 17.2. The summed E-state index contributed by atoms with van der Waals surface area (Å²) in [6.45, 7) is 2.13. The molecule has 1 unspecified atom stereocenters. The van der Waals surface area contributed by atoms with Crippen LogP contribution >= 0.6 is 0 Å². The summed E-state index contributed by atoms with van der Waals surface area (Å²) in [5, 5.41) is 1.20. The van der Waals surface area contributed by atoms with E-state index in [1.807, 2.05) is 11.8 Å². The van der Waals surface area contributed by atoms with Crippen LogP contribution in [0.2, 0.25) is 0 Å². The fraction of sp³-hybridized carbons (Fsp3) is 0.450. The Morgan fingerprint density at radius 3 is 2.60 bits per heavy atom. The Morgan fingerprint density at radius 1 is 1.23 bits per heavy atom. The van der Waals surface area contributed by atoms with E-state index >= 15 is 0 Å².